The molecule has 0 saturated carbocycles. The van der Waals surface area contributed by atoms with Crippen molar-refractivity contribution in [1.29, 1.82) is 0 Å². The van der Waals surface area contributed by atoms with Gasteiger partial charge in [0.2, 0.25) is 0 Å². The predicted molar refractivity (Wildman–Crippen MR) is 42.0 cm³/mol. The van der Waals surface area contributed by atoms with Crippen molar-refractivity contribution >= 4 is 80.9 Å². The van der Waals surface area contributed by atoms with Crippen molar-refractivity contribution in [3.05, 3.63) is 0 Å². The first-order valence-electron chi connectivity index (χ1n) is 2.12. The molecule has 0 aliphatic heterocycles. The van der Waals surface area contributed by atoms with E-state index in [-0.39, 0.29) is 63.9 Å². The summed E-state index contributed by atoms with van der Waals surface area (Å²) in [6.07, 6.45) is 0.405. The zero-order valence-electron chi connectivity index (χ0n) is 4.24. The van der Waals surface area contributed by atoms with E-state index >= 15 is 0 Å². The maximum absolute atomic E-state index is 9.91. The first-order valence-corrected chi connectivity index (χ1v) is 4.36. The van der Waals surface area contributed by atoms with Crippen LogP contribution in [0.4, 0.5) is 0 Å². The van der Waals surface area contributed by atoms with Crippen LogP contribution in [0.2, 0.25) is 0 Å². The van der Waals surface area contributed by atoms with Gasteiger partial charge in [-0.15, -0.1) is 0 Å². The van der Waals surface area contributed by atoms with Gasteiger partial charge in [-0.3, -0.25) is 4.55 Å². The van der Waals surface area contributed by atoms with Gasteiger partial charge >= 0.3 is 58.2 Å². The van der Waals surface area contributed by atoms with E-state index in [2.05, 4.69) is 12.6 Å². The maximum atomic E-state index is 9.91. The fourth-order valence-corrected chi connectivity index (χ4v) is 1.13. The molecule has 0 aromatic carbocycles. The zero-order chi connectivity index (χ0) is 6.62. The first-order chi connectivity index (χ1) is 3.56. The van der Waals surface area contributed by atoms with Gasteiger partial charge in [0.25, 0.3) is 10.1 Å². The second kappa shape index (κ2) is 6.76. The first kappa shape index (κ1) is 13.6. The average Bonchev–Trinajstić information content (AvgIpc) is 1.59. The minimum atomic E-state index is -3.74. The Morgan fingerprint density at radius 3 is 2.00 bits per heavy atom. The van der Waals surface area contributed by atoms with E-state index in [0.717, 1.165) is 0 Å². The average molecular weight is 243 g/mol. The van der Waals surface area contributed by atoms with E-state index in [1.165, 1.54) is 0 Å². The fourth-order valence-electron chi connectivity index (χ4n) is 0.247. The Bertz CT molecular complexity index is 141. The molecule has 0 fully saturated rings. The molecule has 1 N–H and O–H groups in total. The second-order valence-electron chi connectivity index (χ2n) is 1.36. The molecule has 0 atom stereocenters. The van der Waals surface area contributed by atoms with Gasteiger partial charge in [-0.2, -0.15) is 21.0 Å². The van der Waals surface area contributed by atoms with Gasteiger partial charge in [-0.05, 0) is 12.2 Å². The van der Waals surface area contributed by atoms with E-state index < -0.39 is 10.1 Å². The molecular weight excluding hydrogens is 234 g/mol. The van der Waals surface area contributed by atoms with Gasteiger partial charge in [0.15, 0.2) is 0 Å². The van der Waals surface area contributed by atoms with Crippen molar-refractivity contribution in [1.82, 2.24) is 0 Å². The molecular formula is C3H9O3RbS2. The summed E-state index contributed by atoms with van der Waals surface area (Å²) in [5.74, 6) is 0.302. The van der Waals surface area contributed by atoms with Crippen LogP contribution in [0.3, 0.4) is 0 Å². The van der Waals surface area contributed by atoms with Gasteiger partial charge in [0.1, 0.15) is 0 Å². The molecule has 0 heterocycles. The summed E-state index contributed by atoms with van der Waals surface area (Å²) in [5.41, 5.74) is 0. The van der Waals surface area contributed by atoms with Gasteiger partial charge in [0, 0.05) is 0 Å². The van der Waals surface area contributed by atoms with Gasteiger partial charge in [0.05, 0.1) is 5.75 Å². The minimum absolute atomic E-state index is 0. The van der Waals surface area contributed by atoms with Crippen molar-refractivity contribution in [3.63, 3.8) is 0 Å². The van der Waals surface area contributed by atoms with Crippen LogP contribution in [0.1, 0.15) is 6.42 Å². The van der Waals surface area contributed by atoms with Gasteiger partial charge in [-0.25, -0.2) is 0 Å². The number of hydrogen-bond acceptors (Lipinski definition) is 3. The van der Waals surface area contributed by atoms with Crippen molar-refractivity contribution in [3.8, 4) is 0 Å². The molecule has 3 nitrogen and oxygen atoms in total. The Labute approximate surface area is 110 Å². The van der Waals surface area contributed by atoms with Crippen LogP contribution < -0.4 is 0 Å². The normalized spacial score (nSPS) is 10.4. The SMILES string of the molecule is O=S(=O)(O)CCCS.[RbH]. The van der Waals surface area contributed by atoms with E-state index in [1.54, 1.807) is 0 Å². The quantitative estimate of drug-likeness (QED) is 0.521. The Balaban J connectivity index is 0. The Morgan fingerprint density at radius 2 is 1.89 bits per heavy atom. The Kier molecular flexibility index (Phi) is 10.2. The standard InChI is InChI=1S/C3H8O3S2.Rb.H/c4-8(5,6)3-1-2-7;;/h7H,1-3H2,(H,4,5,6);;. The summed E-state index contributed by atoms with van der Waals surface area (Å²) in [7, 11) is -3.74. The number of hydrogen-bond donors (Lipinski definition) is 2. The molecule has 0 aliphatic rings. The molecule has 0 bridgehead atoms. The van der Waals surface area contributed by atoms with E-state index in [9.17, 15) is 8.42 Å². The monoisotopic (exact) mass is 242 g/mol. The van der Waals surface area contributed by atoms with E-state index in [4.69, 9.17) is 4.55 Å². The van der Waals surface area contributed by atoms with Crippen molar-refractivity contribution in [2.45, 2.75) is 6.42 Å². The summed E-state index contributed by atoms with van der Waals surface area (Å²) in [6.45, 7) is 0. The molecule has 0 saturated heterocycles. The summed E-state index contributed by atoms with van der Waals surface area (Å²) < 4.78 is 27.9. The summed E-state index contributed by atoms with van der Waals surface area (Å²) in [6, 6.07) is 0. The van der Waals surface area contributed by atoms with Crippen molar-refractivity contribution in [2.24, 2.45) is 0 Å². The Morgan fingerprint density at radius 1 is 1.44 bits per heavy atom. The van der Waals surface area contributed by atoms with Crippen LogP contribution in [-0.2, 0) is 10.1 Å². The summed E-state index contributed by atoms with van der Waals surface area (Å²) in [5, 5.41) is 0. The van der Waals surface area contributed by atoms with Crippen LogP contribution in [0.25, 0.3) is 0 Å². The van der Waals surface area contributed by atoms with Gasteiger partial charge < -0.3 is 0 Å². The third-order valence-electron chi connectivity index (χ3n) is 0.560. The van der Waals surface area contributed by atoms with E-state index in [0.29, 0.717) is 12.2 Å². The molecule has 0 spiro atoms. The third-order valence-corrected chi connectivity index (χ3v) is 1.68. The Hall–Kier alpha value is 2.07. The van der Waals surface area contributed by atoms with Crippen molar-refractivity contribution in [2.75, 3.05) is 11.5 Å². The molecule has 0 aliphatic carbocycles. The molecule has 0 aromatic rings. The third kappa shape index (κ3) is 13.1. The van der Waals surface area contributed by atoms with Crippen LogP contribution in [-0.4, -0.2) is 82.7 Å². The molecule has 0 unspecified atom stereocenters. The molecule has 0 rings (SSSR count). The van der Waals surface area contributed by atoms with E-state index in [1.807, 2.05) is 0 Å². The second-order valence-corrected chi connectivity index (χ2v) is 3.38. The molecule has 0 radical (unpaired) electrons. The van der Waals surface area contributed by atoms with Crippen LogP contribution in [0.15, 0.2) is 0 Å². The number of thiol groups is 1. The van der Waals surface area contributed by atoms with Crippen LogP contribution >= 0.6 is 12.6 Å². The molecule has 0 aromatic heterocycles. The van der Waals surface area contributed by atoms with Crippen LogP contribution in [0, 0.1) is 0 Å². The van der Waals surface area contributed by atoms with Crippen LogP contribution in [0.5, 0.6) is 0 Å². The number of rotatable bonds is 3. The van der Waals surface area contributed by atoms with Crippen molar-refractivity contribution < 1.29 is 13.0 Å². The molecule has 6 heteroatoms. The summed E-state index contributed by atoms with van der Waals surface area (Å²) in [4.78, 5) is 0. The fraction of sp³-hybridized carbons (Fsp3) is 1.00. The predicted octanol–water partition coefficient (Wildman–Crippen LogP) is -0.454. The molecule has 52 valence electrons. The topological polar surface area (TPSA) is 54.4 Å². The molecule has 0 amide bonds. The van der Waals surface area contributed by atoms with Gasteiger partial charge in [-0.1, -0.05) is 0 Å². The molecule has 9 heavy (non-hydrogen) atoms. The summed E-state index contributed by atoms with van der Waals surface area (Å²) >= 11 is 3.76. The zero-order valence-corrected chi connectivity index (χ0v) is 5.95.